The van der Waals surface area contributed by atoms with Gasteiger partial charge in [0.15, 0.2) is 0 Å². The molecule has 27 heavy (non-hydrogen) atoms. The van der Waals surface area contributed by atoms with E-state index in [1.54, 1.807) is 42.1 Å². The molecule has 1 aromatic heterocycles. The van der Waals surface area contributed by atoms with Crippen LogP contribution in [0.4, 0.5) is 0 Å². The highest BCUT2D eigenvalue weighted by molar-refractivity contribution is 7.12. The smallest absolute Gasteiger partial charge is 0.264 e. The molecule has 2 aromatic rings. The van der Waals surface area contributed by atoms with Crippen LogP contribution in [0.1, 0.15) is 38.4 Å². The number of carbonyl (C=O) groups is 3. The summed E-state index contributed by atoms with van der Waals surface area (Å²) in [4.78, 5) is 41.2. The highest BCUT2D eigenvalue weighted by Crippen LogP contribution is 2.24. The van der Waals surface area contributed by atoms with Crippen molar-refractivity contribution in [2.75, 3.05) is 20.6 Å². The second-order valence-corrected chi connectivity index (χ2v) is 7.55. The number of nitrogens with zero attached hydrogens (tertiary/aromatic N) is 2. The van der Waals surface area contributed by atoms with Gasteiger partial charge in [-0.3, -0.25) is 14.4 Å². The molecule has 1 aliphatic heterocycles. The Labute approximate surface area is 162 Å². The molecule has 1 atom stereocenters. The number of thiophene rings is 1. The SMILES string of the molecule is CNC(=O)c1ccc(CN(C)C(=O)[C@@H]2CCCN2C(=O)c2cccs2)cc1. The fourth-order valence-electron chi connectivity index (χ4n) is 3.32. The Hall–Kier alpha value is -2.67. The minimum Gasteiger partial charge on any atom is -0.355 e. The monoisotopic (exact) mass is 385 g/mol. The molecule has 1 aliphatic rings. The van der Waals surface area contributed by atoms with Crippen molar-refractivity contribution >= 4 is 29.1 Å². The minimum atomic E-state index is -0.408. The molecule has 0 saturated carbocycles. The largest absolute Gasteiger partial charge is 0.355 e. The number of benzene rings is 1. The Balaban J connectivity index is 1.65. The van der Waals surface area contributed by atoms with E-state index in [0.29, 0.717) is 30.0 Å². The van der Waals surface area contributed by atoms with Gasteiger partial charge in [0.2, 0.25) is 5.91 Å². The number of hydrogen-bond donors (Lipinski definition) is 1. The number of amides is 3. The summed E-state index contributed by atoms with van der Waals surface area (Å²) in [6.07, 6.45) is 1.53. The van der Waals surface area contributed by atoms with E-state index in [4.69, 9.17) is 0 Å². The van der Waals surface area contributed by atoms with Crippen molar-refractivity contribution in [1.82, 2.24) is 15.1 Å². The van der Waals surface area contributed by atoms with Crippen LogP contribution in [0.25, 0.3) is 0 Å². The lowest BCUT2D eigenvalue weighted by Crippen LogP contribution is -2.46. The standard InChI is InChI=1S/C20H23N3O3S/c1-21-18(24)15-9-7-14(8-10-15)13-22(2)19(25)16-5-3-11-23(16)20(26)17-6-4-12-27-17/h4,6-10,12,16H,3,5,11,13H2,1-2H3,(H,21,24)/t16-/m0/s1. The topological polar surface area (TPSA) is 69.7 Å². The Morgan fingerprint density at radius 2 is 1.96 bits per heavy atom. The molecule has 6 nitrogen and oxygen atoms in total. The third-order valence-corrected chi connectivity index (χ3v) is 5.63. The van der Waals surface area contributed by atoms with E-state index in [2.05, 4.69) is 5.32 Å². The van der Waals surface area contributed by atoms with Crippen LogP contribution in [0.5, 0.6) is 0 Å². The summed E-state index contributed by atoms with van der Waals surface area (Å²) in [5, 5.41) is 4.45. The van der Waals surface area contributed by atoms with Gasteiger partial charge in [0.25, 0.3) is 11.8 Å². The third kappa shape index (κ3) is 4.19. The summed E-state index contributed by atoms with van der Waals surface area (Å²) in [7, 11) is 3.34. The zero-order chi connectivity index (χ0) is 19.4. The maximum atomic E-state index is 12.9. The summed E-state index contributed by atoms with van der Waals surface area (Å²) < 4.78 is 0. The van der Waals surface area contributed by atoms with Crippen LogP contribution >= 0.6 is 11.3 Å². The predicted molar refractivity (Wildman–Crippen MR) is 105 cm³/mol. The molecule has 1 N–H and O–H groups in total. The molecule has 1 aromatic carbocycles. The molecule has 1 saturated heterocycles. The third-order valence-electron chi connectivity index (χ3n) is 4.77. The molecule has 2 heterocycles. The maximum absolute atomic E-state index is 12.9. The van der Waals surface area contributed by atoms with Crippen molar-refractivity contribution in [3.8, 4) is 0 Å². The number of rotatable bonds is 5. The Kier molecular flexibility index (Phi) is 5.91. The quantitative estimate of drug-likeness (QED) is 0.859. The second kappa shape index (κ2) is 8.35. The van der Waals surface area contributed by atoms with Gasteiger partial charge in [-0.25, -0.2) is 0 Å². The normalized spacial score (nSPS) is 16.2. The fraction of sp³-hybridized carbons (Fsp3) is 0.350. The van der Waals surface area contributed by atoms with E-state index < -0.39 is 6.04 Å². The van der Waals surface area contributed by atoms with E-state index >= 15 is 0 Å². The number of hydrogen-bond acceptors (Lipinski definition) is 4. The van der Waals surface area contributed by atoms with E-state index in [0.717, 1.165) is 12.0 Å². The predicted octanol–water partition coefficient (Wildman–Crippen LogP) is 2.37. The number of likely N-dealkylation sites (tertiary alicyclic amines) is 1. The summed E-state index contributed by atoms with van der Waals surface area (Å²) in [6, 6.07) is 10.4. The Morgan fingerprint density at radius 1 is 1.22 bits per heavy atom. The zero-order valence-electron chi connectivity index (χ0n) is 15.5. The summed E-state index contributed by atoms with van der Waals surface area (Å²) in [6.45, 7) is 1.05. The first-order valence-electron chi connectivity index (χ1n) is 8.91. The molecule has 0 spiro atoms. The van der Waals surface area contributed by atoms with Crippen molar-refractivity contribution in [2.45, 2.75) is 25.4 Å². The molecule has 0 unspecified atom stereocenters. The van der Waals surface area contributed by atoms with Gasteiger partial charge in [-0.05, 0) is 42.0 Å². The highest BCUT2D eigenvalue weighted by Gasteiger charge is 2.36. The first kappa shape index (κ1) is 19.1. The average molecular weight is 385 g/mol. The van der Waals surface area contributed by atoms with Crippen LogP contribution in [0, 0.1) is 0 Å². The van der Waals surface area contributed by atoms with Gasteiger partial charge in [0, 0.05) is 32.7 Å². The van der Waals surface area contributed by atoms with Crippen molar-refractivity contribution in [3.05, 3.63) is 57.8 Å². The Bertz CT molecular complexity index is 818. The van der Waals surface area contributed by atoms with Gasteiger partial charge in [0.1, 0.15) is 6.04 Å². The molecule has 142 valence electrons. The minimum absolute atomic E-state index is 0.0483. The Morgan fingerprint density at radius 3 is 2.59 bits per heavy atom. The molecule has 3 amide bonds. The van der Waals surface area contributed by atoms with Crippen molar-refractivity contribution in [2.24, 2.45) is 0 Å². The molecule has 1 fully saturated rings. The number of likely N-dealkylation sites (N-methyl/N-ethyl adjacent to an activating group) is 1. The van der Waals surface area contributed by atoms with Gasteiger partial charge in [-0.15, -0.1) is 11.3 Å². The molecule has 0 aliphatic carbocycles. The van der Waals surface area contributed by atoms with Gasteiger partial charge < -0.3 is 15.1 Å². The lowest BCUT2D eigenvalue weighted by molar-refractivity contribution is -0.134. The molecule has 0 radical (unpaired) electrons. The average Bonchev–Trinajstić information content (AvgIpc) is 3.38. The van der Waals surface area contributed by atoms with Crippen LogP contribution in [-0.4, -0.2) is 54.2 Å². The fourth-order valence-corrected chi connectivity index (χ4v) is 4.00. The first-order chi connectivity index (χ1) is 13.0. The van der Waals surface area contributed by atoms with Crippen molar-refractivity contribution in [3.63, 3.8) is 0 Å². The maximum Gasteiger partial charge on any atom is 0.264 e. The van der Waals surface area contributed by atoms with Crippen LogP contribution in [-0.2, 0) is 11.3 Å². The highest BCUT2D eigenvalue weighted by atomic mass is 32.1. The zero-order valence-corrected chi connectivity index (χ0v) is 16.3. The molecule has 7 heteroatoms. The first-order valence-corrected chi connectivity index (χ1v) is 9.79. The van der Waals surface area contributed by atoms with E-state index in [1.165, 1.54) is 11.3 Å². The van der Waals surface area contributed by atoms with Gasteiger partial charge >= 0.3 is 0 Å². The molecular formula is C20H23N3O3S. The number of nitrogens with one attached hydrogen (secondary N) is 1. The van der Waals surface area contributed by atoms with Crippen LogP contribution in [0.15, 0.2) is 41.8 Å². The second-order valence-electron chi connectivity index (χ2n) is 6.60. The lowest BCUT2D eigenvalue weighted by Gasteiger charge is -2.28. The van der Waals surface area contributed by atoms with Crippen LogP contribution < -0.4 is 5.32 Å². The number of carbonyl (C=O) groups excluding carboxylic acids is 3. The van der Waals surface area contributed by atoms with Crippen molar-refractivity contribution < 1.29 is 14.4 Å². The van der Waals surface area contributed by atoms with Crippen LogP contribution in [0.3, 0.4) is 0 Å². The van der Waals surface area contributed by atoms with Gasteiger partial charge in [-0.1, -0.05) is 18.2 Å². The molecule has 3 rings (SSSR count). The molecular weight excluding hydrogens is 362 g/mol. The van der Waals surface area contributed by atoms with Crippen molar-refractivity contribution in [1.29, 1.82) is 0 Å². The summed E-state index contributed by atoms with van der Waals surface area (Å²) >= 11 is 1.40. The van der Waals surface area contributed by atoms with Gasteiger partial charge in [0.05, 0.1) is 4.88 Å². The molecule has 0 bridgehead atoms. The summed E-state index contributed by atoms with van der Waals surface area (Å²) in [5.41, 5.74) is 1.52. The van der Waals surface area contributed by atoms with Crippen LogP contribution in [0.2, 0.25) is 0 Å². The van der Waals surface area contributed by atoms with Gasteiger partial charge in [-0.2, -0.15) is 0 Å². The van der Waals surface area contributed by atoms with E-state index in [-0.39, 0.29) is 17.7 Å². The van der Waals surface area contributed by atoms with E-state index in [9.17, 15) is 14.4 Å². The lowest BCUT2D eigenvalue weighted by atomic mass is 10.1. The van der Waals surface area contributed by atoms with E-state index in [1.807, 2.05) is 23.6 Å². The summed E-state index contributed by atoms with van der Waals surface area (Å²) in [5.74, 6) is -0.253.